The Morgan fingerprint density at radius 2 is 1.56 bits per heavy atom. The average molecular weight is 543 g/mol. The normalized spacial score (nSPS) is 17.0. The topological polar surface area (TPSA) is 29.5 Å². The third kappa shape index (κ3) is 8.01. The smallest absolute Gasteiger partial charge is 0.261 e. The number of thioether (sulfide) groups is 2. The highest BCUT2D eigenvalue weighted by Crippen LogP contribution is 2.37. The fraction of sp³-hybridized carbons (Fsp3) is 0.548. The molecule has 1 heterocycles. The van der Waals surface area contributed by atoms with E-state index < -0.39 is 8.32 Å². The van der Waals surface area contributed by atoms with Crippen LogP contribution >= 0.6 is 23.5 Å². The molecule has 0 spiro atoms. The zero-order valence-electron chi connectivity index (χ0n) is 22.7. The highest BCUT2D eigenvalue weighted by molar-refractivity contribution is 8.17. The molecule has 0 aliphatic carbocycles. The van der Waals surface area contributed by atoms with Gasteiger partial charge in [0.05, 0.1) is 10.7 Å². The molecule has 1 N–H and O–H groups in total. The van der Waals surface area contributed by atoms with Crippen molar-refractivity contribution in [2.75, 3.05) is 18.1 Å². The predicted octanol–water partition coefficient (Wildman–Crippen LogP) is 7.26. The largest absolute Gasteiger partial charge is 0.407 e. The maximum absolute atomic E-state index is 10.8. The molecule has 1 saturated heterocycles. The van der Waals surface area contributed by atoms with Crippen molar-refractivity contribution < 1.29 is 9.53 Å². The Balaban J connectivity index is 1.55. The number of rotatable bonds is 13. The highest BCUT2D eigenvalue weighted by atomic mass is 32.2. The third-order valence-corrected chi connectivity index (χ3v) is 15.5. The molecule has 198 valence electrons. The summed E-state index contributed by atoms with van der Waals surface area (Å²) in [6, 6.07) is 21.6. The molecule has 1 fully saturated rings. The van der Waals surface area contributed by atoms with Crippen molar-refractivity contribution in [2.45, 2.75) is 81.9 Å². The van der Waals surface area contributed by atoms with Crippen molar-refractivity contribution >= 4 is 42.2 Å². The summed E-state index contributed by atoms with van der Waals surface area (Å²) in [6.07, 6.45) is 5.72. The molecular formula is C31H46O2S2Si. The fourth-order valence-corrected chi connectivity index (χ4v) is 12.7. The quantitative estimate of drug-likeness (QED) is 0.164. The van der Waals surface area contributed by atoms with Gasteiger partial charge in [0, 0.05) is 6.61 Å². The van der Waals surface area contributed by atoms with E-state index in [4.69, 9.17) is 4.43 Å². The van der Waals surface area contributed by atoms with Gasteiger partial charge in [0.1, 0.15) is 0 Å². The molecule has 1 aliphatic heterocycles. The molecule has 1 aliphatic rings. The van der Waals surface area contributed by atoms with Crippen LogP contribution in [-0.4, -0.2) is 42.2 Å². The second-order valence-electron chi connectivity index (χ2n) is 11.2. The molecule has 0 aromatic heterocycles. The highest BCUT2D eigenvalue weighted by Gasteiger charge is 2.49. The van der Waals surface area contributed by atoms with Crippen LogP contribution in [0.25, 0.3) is 0 Å². The van der Waals surface area contributed by atoms with E-state index >= 15 is 0 Å². The van der Waals surface area contributed by atoms with E-state index in [1.807, 2.05) is 0 Å². The number of aliphatic hydroxyl groups is 1. The molecule has 2 aromatic carbocycles. The van der Waals surface area contributed by atoms with E-state index in [-0.39, 0.29) is 11.1 Å². The van der Waals surface area contributed by atoms with Crippen LogP contribution in [0.5, 0.6) is 0 Å². The van der Waals surface area contributed by atoms with Gasteiger partial charge in [0.15, 0.2) is 0 Å². The Kier molecular flexibility index (Phi) is 11.7. The van der Waals surface area contributed by atoms with Gasteiger partial charge in [0.25, 0.3) is 8.32 Å². The molecule has 3 rings (SSSR count). The maximum Gasteiger partial charge on any atom is 0.261 e. The van der Waals surface area contributed by atoms with Gasteiger partial charge in [-0.15, -0.1) is 23.5 Å². The van der Waals surface area contributed by atoms with Crippen molar-refractivity contribution in [1.29, 1.82) is 0 Å². The van der Waals surface area contributed by atoms with Crippen molar-refractivity contribution in [3.8, 4) is 0 Å². The number of hydrogen-bond acceptors (Lipinski definition) is 4. The minimum Gasteiger partial charge on any atom is -0.407 e. The molecule has 5 heteroatoms. The lowest BCUT2D eigenvalue weighted by atomic mass is 9.92. The second-order valence-corrected chi connectivity index (χ2v) is 18.4. The van der Waals surface area contributed by atoms with Crippen LogP contribution in [0.3, 0.4) is 0 Å². The van der Waals surface area contributed by atoms with E-state index in [1.165, 1.54) is 46.7 Å². The van der Waals surface area contributed by atoms with E-state index in [0.717, 1.165) is 17.4 Å². The van der Waals surface area contributed by atoms with Crippen molar-refractivity contribution in [1.82, 2.24) is 0 Å². The fourth-order valence-electron chi connectivity index (χ4n) is 5.21. The third-order valence-electron chi connectivity index (χ3n) is 7.34. The van der Waals surface area contributed by atoms with E-state index in [0.29, 0.717) is 18.9 Å². The summed E-state index contributed by atoms with van der Waals surface area (Å²) < 4.78 is 7.72. The molecule has 0 saturated carbocycles. The lowest BCUT2D eigenvalue weighted by Crippen LogP contribution is -2.66. The molecule has 0 radical (unpaired) electrons. The number of hydrogen-bond donors (Lipinski definition) is 1. The first-order valence-electron chi connectivity index (χ1n) is 13.6. The molecule has 0 unspecified atom stereocenters. The van der Waals surface area contributed by atoms with Crippen LogP contribution < -0.4 is 10.4 Å². The monoisotopic (exact) mass is 542 g/mol. The number of benzene rings is 2. The van der Waals surface area contributed by atoms with Gasteiger partial charge in [-0.05, 0) is 71.4 Å². The molecule has 0 amide bonds. The predicted molar refractivity (Wildman–Crippen MR) is 164 cm³/mol. The summed E-state index contributed by atoms with van der Waals surface area (Å²) in [7, 11) is -2.50. The lowest BCUT2D eigenvalue weighted by Gasteiger charge is -2.43. The minimum atomic E-state index is -2.50. The Morgan fingerprint density at radius 1 is 1.00 bits per heavy atom. The summed E-state index contributed by atoms with van der Waals surface area (Å²) in [5.74, 6) is 3.08. The maximum atomic E-state index is 10.8. The summed E-state index contributed by atoms with van der Waals surface area (Å²) in [5.41, 5.74) is 1.20. The SMILES string of the molecule is C=C(C[C@@H](O)CCCO[Si](c1ccccc1)(c1ccccc1)C(C)(C)C)[C@@H](C)CCC1SCCCS1. The summed E-state index contributed by atoms with van der Waals surface area (Å²) in [6.45, 7) is 14.2. The standard InChI is InChI=1S/C31H46O2S2Si/c1-25(19-20-30-34-22-13-23-35-30)26(2)24-27(32)14-12-21-33-36(31(3,4)5,28-15-8-6-9-16-28)29-17-10-7-11-18-29/h6-11,15-18,25,27,30,32H,2,12-14,19-24H2,1,3-5H3/t25-,27-/m0/s1. The molecular weight excluding hydrogens is 497 g/mol. The van der Waals surface area contributed by atoms with Gasteiger partial charge in [-0.25, -0.2) is 0 Å². The Morgan fingerprint density at radius 3 is 2.08 bits per heavy atom. The Labute approximate surface area is 229 Å². The zero-order chi connectivity index (χ0) is 26.0. The molecule has 36 heavy (non-hydrogen) atoms. The summed E-state index contributed by atoms with van der Waals surface area (Å²) in [4.78, 5) is 0. The van der Waals surface area contributed by atoms with Crippen LogP contribution in [0.2, 0.25) is 5.04 Å². The van der Waals surface area contributed by atoms with E-state index in [1.54, 1.807) is 0 Å². The van der Waals surface area contributed by atoms with Crippen molar-refractivity contribution in [2.24, 2.45) is 5.92 Å². The first kappa shape index (κ1) is 29.6. The second kappa shape index (κ2) is 14.2. The minimum absolute atomic E-state index is 0.0209. The molecule has 2 aromatic rings. The zero-order valence-corrected chi connectivity index (χ0v) is 25.4. The first-order valence-corrected chi connectivity index (χ1v) is 17.6. The van der Waals surface area contributed by atoms with Crippen LogP contribution in [0.4, 0.5) is 0 Å². The van der Waals surface area contributed by atoms with Gasteiger partial charge in [-0.1, -0.05) is 101 Å². The number of aliphatic hydroxyl groups excluding tert-OH is 1. The molecule has 0 bridgehead atoms. The van der Waals surface area contributed by atoms with Gasteiger partial charge in [-0.3, -0.25) is 0 Å². The van der Waals surface area contributed by atoms with Crippen molar-refractivity contribution in [3.63, 3.8) is 0 Å². The van der Waals surface area contributed by atoms with E-state index in [2.05, 4.69) is 118 Å². The first-order chi connectivity index (χ1) is 17.2. The molecule has 2 atom stereocenters. The lowest BCUT2D eigenvalue weighted by molar-refractivity contribution is 0.148. The van der Waals surface area contributed by atoms with E-state index in [9.17, 15) is 5.11 Å². The van der Waals surface area contributed by atoms with Gasteiger partial charge in [0.2, 0.25) is 0 Å². The van der Waals surface area contributed by atoms with Crippen molar-refractivity contribution in [3.05, 3.63) is 72.8 Å². The van der Waals surface area contributed by atoms with Gasteiger partial charge < -0.3 is 9.53 Å². The summed E-state index contributed by atoms with van der Waals surface area (Å²) in [5, 5.41) is 13.4. The van der Waals surface area contributed by atoms with Crippen LogP contribution in [0, 0.1) is 5.92 Å². The van der Waals surface area contributed by atoms with Gasteiger partial charge in [-0.2, -0.15) is 0 Å². The van der Waals surface area contributed by atoms with Crippen LogP contribution in [0.1, 0.15) is 66.2 Å². The molecule has 2 nitrogen and oxygen atoms in total. The van der Waals surface area contributed by atoms with Crippen LogP contribution in [0.15, 0.2) is 72.8 Å². The Hall–Kier alpha value is -0.983. The van der Waals surface area contributed by atoms with Crippen LogP contribution in [-0.2, 0) is 4.43 Å². The average Bonchev–Trinajstić information content (AvgIpc) is 2.88. The van der Waals surface area contributed by atoms with Gasteiger partial charge >= 0.3 is 0 Å². The summed E-state index contributed by atoms with van der Waals surface area (Å²) >= 11 is 4.24. The Bertz CT molecular complexity index is 868.